The van der Waals surface area contributed by atoms with Crippen molar-refractivity contribution in [3.8, 4) is 0 Å². The van der Waals surface area contributed by atoms with Gasteiger partial charge in [0.25, 0.3) is 0 Å². The third kappa shape index (κ3) is 6.28. The SMILES string of the molecule is CC(=O)OC[C@H]1OC(F)[C@H](NCc2ccccc2)[C@@H](OC(C)=O)[C@@H]1OC(C)=O. The van der Waals surface area contributed by atoms with Crippen LogP contribution in [0.3, 0.4) is 0 Å². The third-order valence-electron chi connectivity index (χ3n) is 4.07. The van der Waals surface area contributed by atoms with Crippen LogP contribution in [0.5, 0.6) is 0 Å². The van der Waals surface area contributed by atoms with Crippen LogP contribution in [0, 0.1) is 0 Å². The predicted octanol–water partition coefficient (Wildman–Crippen LogP) is 1.27. The maximum atomic E-state index is 14.8. The van der Waals surface area contributed by atoms with E-state index in [0.717, 1.165) is 5.56 Å². The Morgan fingerprint density at radius 3 is 2.18 bits per heavy atom. The lowest BCUT2D eigenvalue weighted by molar-refractivity contribution is -0.246. The molecule has 1 N–H and O–H groups in total. The summed E-state index contributed by atoms with van der Waals surface area (Å²) in [5.41, 5.74) is 0.877. The number of esters is 3. The van der Waals surface area contributed by atoms with E-state index < -0.39 is 48.6 Å². The second-order valence-electron chi connectivity index (χ2n) is 6.37. The van der Waals surface area contributed by atoms with Gasteiger partial charge in [-0.15, -0.1) is 0 Å². The molecule has 1 aliphatic heterocycles. The Morgan fingerprint density at radius 2 is 1.61 bits per heavy atom. The Balaban J connectivity index is 2.22. The van der Waals surface area contributed by atoms with Gasteiger partial charge >= 0.3 is 17.9 Å². The quantitative estimate of drug-likeness (QED) is 0.542. The molecule has 1 aromatic carbocycles. The van der Waals surface area contributed by atoms with E-state index in [1.807, 2.05) is 30.3 Å². The Bertz CT molecular complexity index is 684. The van der Waals surface area contributed by atoms with Gasteiger partial charge in [0.15, 0.2) is 12.2 Å². The molecule has 9 heteroatoms. The van der Waals surface area contributed by atoms with Gasteiger partial charge in [-0.2, -0.15) is 0 Å². The number of hydrogen-bond acceptors (Lipinski definition) is 8. The van der Waals surface area contributed by atoms with Crippen LogP contribution in [0.4, 0.5) is 4.39 Å². The zero-order valence-corrected chi connectivity index (χ0v) is 15.9. The number of nitrogens with one attached hydrogen (secondary N) is 1. The molecule has 28 heavy (non-hydrogen) atoms. The smallest absolute Gasteiger partial charge is 0.303 e. The standard InChI is InChI=1S/C19H24FNO7/c1-11(22)25-10-15-17(26-12(2)23)18(27-13(3)24)16(19(20)28-15)21-9-14-7-5-4-6-8-14/h4-8,15-19,21H,9-10H2,1-3H3/t15-,16-,17-,18-,19?/m1/s1. The molecule has 2 rings (SSSR count). The molecule has 8 nitrogen and oxygen atoms in total. The molecule has 0 saturated carbocycles. The highest BCUT2D eigenvalue weighted by Gasteiger charge is 2.50. The van der Waals surface area contributed by atoms with Crippen molar-refractivity contribution >= 4 is 17.9 Å². The van der Waals surface area contributed by atoms with Crippen LogP contribution in [0.1, 0.15) is 26.3 Å². The summed E-state index contributed by atoms with van der Waals surface area (Å²) in [5.74, 6) is -1.94. The molecular weight excluding hydrogens is 373 g/mol. The molecule has 1 unspecified atom stereocenters. The first-order valence-electron chi connectivity index (χ1n) is 8.82. The first-order chi connectivity index (χ1) is 13.3. The number of alkyl halides is 1. The lowest BCUT2D eigenvalue weighted by Crippen LogP contribution is -2.64. The second-order valence-corrected chi connectivity index (χ2v) is 6.37. The van der Waals surface area contributed by atoms with Crippen molar-refractivity contribution in [1.29, 1.82) is 0 Å². The van der Waals surface area contributed by atoms with Crippen molar-refractivity contribution in [2.75, 3.05) is 6.61 Å². The van der Waals surface area contributed by atoms with Crippen LogP contribution in [0.15, 0.2) is 30.3 Å². The summed E-state index contributed by atoms with van der Waals surface area (Å²) in [7, 11) is 0. The fourth-order valence-corrected chi connectivity index (χ4v) is 2.93. The Morgan fingerprint density at radius 1 is 1.00 bits per heavy atom. The summed E-state index contributed by atoms with van der Waals surface area (Å²) in [6.45, 7) is 3.44. The van der Waals surface area contributed by atoms with Gasteiger partial charge in [-0.3, -0.25) is 14.4 Å². The van der Waals surface area contributed by atoms with E-state index in [4.69, 9.17) is 18.9 Å². The molecule has 5 atom stereocenters. The number of hydrogen-bond donors (Lipinski definition) is 1. The molecule has 0 spiro atoms. The van der Waals surface area contributed by atoms with Gasteiger partial charge < -0.3 is 24.3 Å². The highest BCUT2D eigenvalue weighted by atomic mass is 19.1. The maximum Gasteiger partial charge on any atom is 0.303 e. The highest BCUT2D eigenvalue weighted by molar-refractivity contribution is 5.68. The minimum absolute atomic E-state index is 0.272. The Kier molecular flexibility index (Phi) is 7.89. The van der Waals surface area contributed by atoms with Crippen LogP contribution in [-0.4, -0.2) is 55.2 Å². The molecule has 0 radical (unpaired) electrons. The monoisotopic (exact) mass is 397 g/mol. The van der Waals surface area contributed by atoms with E-state index in [2.05, 4.69) is 5.32 Å². The first-order valence-corrected chi connectivity index (χ1v) is 8.82. The van der Waals surface area contributed by atoms with Gasteiger partial charge in [0.05, 0.1) is 0 Å². The number of carbonyl (C=O) groups excluding carboxylic acids is 3. The largest absolute Gasteiger partial charge is 0.463 e. The Hall–Kier alpha value is -2.52. The minimum atomic E-state index is -1.89. The lowest BCUT2D eigenvalue weighted by atomic mass is 9.96. The van der Waals surface area contributed by atoms with Gasteiger partial charge in [0.2, 0.25) is 6.36 Å². The van der Waals surface area contributed by atoms with Crippen LogP contribution >= 0.6 is 0 Å². The molecule has 1 fully saturated rings. The molecule has 0 amide bonds. The van der Waals surface area contributed by atoms with Gasteiger partial charge in [-0.25, -0.2) is 4.39 Å². The summed E-state index contributed by atoms with van der Waals surface area (Å²) in [4.78, 5) is 34.3. The summed E-state index contributed by atoms with van der Waals surface area (Å²) < 4.78 is 35.5. The van der Waals surface area contributed by atoms with Gasteiger partial charge in [-0.05, 0) is 5.56 Å². The van der Waals surface area contributed by atoms with Crippen molar-refractivity contribution in [3.63, 3.8) is 0 Å². The van der Waals surface area contributed by atoms with E-state index in [0.29, 0.717) is 0 Å². The second kappa shape index (κ2) is 10.1. The normalized spacial score (nSPS) is 26.9. The molecule has 0 bridgehead atoms. The van der Waals surface area contributed by atoms with E-state index in [9.17, 15) is 18.8 Å². The van der Waals surface area contributed by atoms with Crippen molar-refractivity contribution in [2.24, 2.45) is 0 Å². The zero-order chi connectivity index (χ0) is 20.7. The highest BCUT2D eigenvalue weighted by Crippen LogP contribution is 2.28. The number of benzene rings is 1. The maximum absolute atomic E-state index is 14.8. The molecule has 1 heterocycles. The lowest BCUT2D eigenvalue weighted by Gasteiger charge is -2.42. The average Bonchev–Trinajstić information content (AvgIpc) is 2.62. The van der Waals surface area contributed by atoms with Crippen LogP contribution in [0.25, 0.3) is 0 Å². The summed E-state index contributed by atoms with van der Waals surface area (Å²) in [6, 6.07) is 8.12. The number of rotatable bonds is 7. The molecule has 1 aliphatic rings. The Labute approximate surface area is 162 Å². The van der Waals surface area contributed by atoms with E-state index in [-0.39, 0.29) is 13.2 Å². The molecule has 0 aliphatic carbocycles. The predicted molar refractivity (Wildman–Crippen MR) is 94.6 cm³/mol. The van der Waals surface area contributed by atoms with Crippen LogP contribution in [0.2, 0.25) is 0 Å². The first kappa shape index (κ1) is 21.8. The van der Waals surface area contributed by atoms with E-state index in [1.165, 1.54) is 20.8 Å². The van der Waals surface area contributed by atoms with Crippen molar-refractivity contribution in [3.05, 3.63) is 35.9 Å². The zero-order valence-electron chi connectivity index (χ0n) is 15.9. The summed E-state index contributed by atoms with van der Waals surface area (Å²) in [5, 5.41) is 2.96. The number of carbonyl (C=O) groups is 3. The summed E-state index contributed by atoms with van der Waals surface area (Å²) in [6.07, 6.45) is -5.34. The summed E-state index contributed by atoms with van der Waals surface area (Å²) >= 11 is 0. The van der Waals surface area contributed by atoms with Crippen molar-refractivity contribution in [2.45, 2.75) is 58.0 Å². The van der Waals surface area contributed by atoms with Crippen LogP contribution < -0.4 is 5.32 Å². The third-order valence-corrected chi connectivity index (χ3v) is 4.07. The van der Waals surface area contributed by atoms with Gasteiger partial charge in [0.1, 0.15) is 18.8 Å². The number of halogens is 1. The molecular formula is C19H24FNO7. The van der Waals surface area contributed by atoms with Crippen molar-refractivity contribution in [1.82, 2.24) is 5.32 Å². The molecule has 0 aromatic heterocycles. The van der Waals surface area contributed by atoms with E-state index in [1.54, 1.807) is 0 Å². The van der Waals surface area contributed by atoms with Crippen LogP contribution in [-0.2, 0) is 39.9 Å². The minimum Gasteiger partial charge on any atom is -0.463 e. The molecule has 1 aromatic rings. The van der Waals surface area contributed by atoms with Crippen molar-refractivity contribution < 1.29 is 37.7 Å². The van der Waals surface area contributed by atoms with Gasteiger partial charge in [0, 0.05) is 27.3 Å². The fourth-order valence-electron chi connectivity index (χ4n) is 2.93. The number of ether oxygens (including phenoxy) is 4. The topological polar surface area (TPSA) is 100 Å². The molecule has 154 valence electrons. The fraction of sp³-hybridized carbons (Fsp3) is 0.526. The molecule has 1 saturated heterocycles. The van der Waals surface area contributed by atoms with E-state index >= 15 is 0 Å². The van der Waals surface area contributed by atoms with Gasteiger partial charge in [-0.1, -0.05) is 30.3 Å². The average molecular weight is 397 g/mol.